The van der Waals surface area contributed by atoms with Gasteiger partial charge in [-0.3, -0.25) is 4.31 Å². The number of rotatable bonds is 7. The van der Waals surface area contributed by atoms with Gasteiger partial charge in [0.15, 0.2) is 4.34 Å². The van der Waals surface area contributed by atoms with Gasteiger partial charge in [0, 0.05) is 0 Å². The molecule has 0 unspecified atom stereocenters. The quantitative estimate of drug-likeness (QED) is 0.401. The Morgan fingerprint density at radius 1 is 1.10 bits per heavy atom. The number of ether oxygens (including phenoxy) is 1. The molecule has 1 heterocycles. The molecule has 0 bridgehead atoms. The average Bonchev–Trinajstić information content (AvgIpc) is 3.19. The van der Waals surface area contributed by atoms with Crippen LogP contribution in [0.5, 0.6) is 0 Å². The van der Waals surface area contributed by atoms with E-state index in [9.17, 15) is 13.2 Å². The highest BCUT2D eigenvalue weighted by Crippen LogP contribution is 2.29. The van der Waals surface area contributed by atoms with E-state index in [2.05, 4.69) is 10.2 Å². The van der Waals surface area contributed by atoms with Gasteiger partial charge in [-0.1, -0.05) is 40.8 Å². The maximum absolute atomic E-state index is 13.4. The number of esters is 1. The van der Waals surface area contributed by atoms with Gasteiger partial charge in [0.2, 0.25) is 0 Å². The molecule has 0 aliphatic rings. The highest BCUT2D eigenvalue weighted by atomic mass is 32.2. The predicted octanol–water partition coefficient (Wildman–Crippen LogP) is 3.75. The van der Waals surface area contributed by atoms with Crippen molar-refractivity contribution < 1.29 is 17.9 Å². The summed E-state index contributed by atoms with van der Waals surface area (Å²) in [7, 11) is -2.56. The largest absolute Gasteiger partial charge is 0.465 e. The fourth-order valence-corrected chi connectivity index (χ4v) is 5.35. The van der Waals surface area contributed by atoms with Crippen molar-refractivity contribution in [1.82, 2.24) is 10.2 Å². The van der Waals surface area contributed by atoms with Gasteiger partial charge in [-0.05, 0) is 49.6 Å². The normalized spacial score (nSPS) is 11.3. The Kier molecular flexibility index (Phi) is 6.56. The zero-order valence-electron chi connectivity index (χ0n) is 16.0. The topological polar surface area (TPSA) is 89.5 Å². The molecule has 0 amide bonds. The number of nitrogens with zero attached hydrogens (tertiary/aromatic N) is 3. The fraction of sp³-hybridized carbons (Fsp3) is 0.211. The number of carbonyl (C=O) groups is 1. The van der Waals surface area contributed by atoms with Crippen LogP contribution in [0.4, 0.5) is 5.69 Å². The Morgan fingerprint density at radius 3 is 2.31 bits per heavy atom. The minimum Gasteiger partial charge on any atom is -0.465 e. The van der Waals surface area contributed by atoms with Gasteiger partial charge in [0.1, 0.15) is 5.01 Å². The van der Waals surface area contributed by atoms with E-state index in [-0.39, 0.29) is 11.4 Å². The molecule has 2 aromatic carbocycles. The highest BCUT2D eigenvalue weighted by Gasteiger charge is 2.27. The number of sulfonamides is 1. The highest BCUT2D eigenvalue weighted by molar-refractivity contribution is 8.00. The molecule has 0 atom stereocenters. The summed E-state index contributed by atoms with van der Waals surface area (Å²) in [5, 5.41) is 8.72. The molecule has 3 aromatic rings. The molecule has 0 spiro atoms. The second-order valence-electron chi connectivity index (χ2n) is 6.03. The molecular formula is C19H19N3O4S3. The number of anilines is 1. The number of carbonyl (C=O) groups excluding carboxylic acids is 1. The van der Waals surface area contributed by atoms with Crippen LogP contribution >= 0.6 is 23.1 Å². The second kappa shape index (κ2) is 8.93. The standard InChI is InChI=1S/C19H19N3O4S3/c1-13-4-10-16(11-5-13)29(24,25)22(12-17-20-21-19(27-3)28-17)15-8-6-14(7-9-15)18(23)26-2/h4-11H,12H2,1-3H3. The Bertz CT molecular complexity index is 1090. The van der Waals surface area contributed by atoms with Crippen molar-refractivity contribution in [3.05, 3.63) is 64.7 Å². The Balaban J connectivity index is 2.03. The lowest BCUT2D eigenvalue weighted by Gasteiger charge is -2.23. The van der Waals surface area contributed by atoms with Gasteiger partial charge < -0.3 is 4.74 Å². The van der Waals surface area contributed by atoms with Crippen LogP contribution in [0, 0.1) is 6.92 Å². The molecule has 0 saturated carbocycles. The Morgan fingerprint density at radius 2 is 1.76 bits per heavy atom. The van der Waals surface area contributed by atoms with E-state index in [4.69, 9.17) is 4.74 Å². The smallest absolute Gasteiger partial charge is 0.337 e. The van der Waals surface area contributed by atoms with Crippen LogP contribution in [0.15, 0.2) is 57.8 Å². The molecule has 3 rings (SSSR count). The molecule has 29 heavy (non-hydrogen) atoms. The van der Waals surface area contributed by atoms with E-state index in [0.717, 1.165) is 9.90 Å². The molecule has 0 fully saturated rings. The van der Waals surface area contributed by atoms with Gasteiger partial charge in [-0.25, -0.2) is 13.2 Å². The maximum Gasteiger partial charge on any atom is 0.337 e. The zero-order valence-corrected chi connectivity index (χ0v) is 18.5. The van der Waals surface area contributed by atoms with Crippen LogP contribution in [0.1, 0.15) is 20.9 Å². The first-order valence-corrected chi connectivity index (χ1v) is 12.0. The van der Waals surface area contributed by atoms with Crippen LogP contribution < -0.4 is 4.31 Å². The molecule has 0 radical (unpaired) electrons. The van der Waals surface area contributed by atoms with E-state index in [1.165, 1.54) is 46.6 Å². The molecule has 1 aromatic heterocycles. The molecule has 0 N–H and O–H groups in total. The Labute approximate surface area is 177 Å². The first-order valence-electron chi connectivity index (χ1n) is 8.49. The van der Waals surface area contributed by atoms with Crippen LogP contribution in [-0.4, -0.2) is 38.0 Å². The van der Waals surface area contributed by atoms with Crippen LogP contribution in [0.2, 0.25) is 0 Å². The molecule has 10 heteroatoms. The molecule has 152 valence electrons. The molecule has 0 aliphatic heterocycles. The minimum absolute atomic E-state index is 0.0337. The SMILES string of the molecule is COC(=O)c1ccc(N(Cc2nnc(SC)s2)S(=O)(=O)c2ccc(C)cc2)cc1. The van der Waals surface area contributed by atoms with Crippen molar-refractivity contribution >= 4 is 44.8 Å². The monoisotopic (exact) mass is 449 g/mol. The summed E-state index contributed by atoms with van der Waals surface area (Å²) in [5.41, 5.74) is 1.72. The van der Waals surface area contributed by atoms with Gasteiger partial charge in [0.05, 0.1) is 29.8 Å². The predicted molar refractivity (Wildman–Crippen MR) is 114 cm³/mol. The summed E-state index contributed by atoms with van der Waals surface area (Å²) < 4.78 is 33.5. The van der Waals surface area contributed by atoms with Gasteiger partial charge in [0.25, 0.3) is 10.0 Å². The van der Waals surface area contributed by atoms with Crippen molar-refractivity contribution in [2.75, 3.05) is 17.7 Å². The molecule has 0 aliphatic carbocycles. The number of thioether (sulfide) groups is 1. The summed E-state index contributed by atoms with van der Waals surface area (Å²) >= 11 is 2.79. The maximum atomic E-state index is 13.4. The third-order valence-corrected chi connectivity index (χ3v) is 7.76. The van der Waals surface area contributed by atoms with Gasteiger partial charge >= 0.3 is 5.97 Å². The minimum atomic E-state index is -3.86. The molecule has 7 nitrogen and oxygen atoms in total. The summed E-state index contributed by atoms with van der Waals surface area (Å²) in [5.74, 6) is -0.488. The van der Waals surface area contributed by atoms with E-state index in [0.29, 0.717) is 16.3 Å². The first kappa shape index (κ1) is 21.3. The lowest BCUT2D eigenvalue weighted by atomic mass is 10.2. The first-order chi connectivity index (χ1) is 13.8. The summed E-state index contributed by atoms with van der Waals surface area (Å²) in [6.07, 6.45) is 1.89. The molecule has 0 saturated heterocycles. The summed E-state index contributed by atoms with van der Waals surface area (Å²) in [6.45, 7) is 1.93. The number of benzene rings is 2. The van der Waals surface area contributed by atoms with Crippen molar-refractivity contribution in [1.29, 1.82) is 0 Å². The van der Waals surface area contributed by atoms with Gasteiger partial charge in [-0.2, -0.15) is 0 Å². The van der Waals surface area contributed by atoms with Crippen LogP contribution in [0.3, 0.4) is 0 Å². The second-order valence-corrected chi connectivity index (χ2v) is 10.0. The van der Waals surface area contributed by atoms with Crippen molar-refractivity contribution in [3.63, 3.8) is 0 Å². The number of methoxy groups -OCH3 is 1. The van der Waals surface area contributed by atoms with Crippen molar-refractivity contribution in [2.24, 2.45) is 0 Å². The lowest BCUT2D eigenvalue weighted by molar-refractivity contribution is 0.0600. The number of hydrogen-bond donors (Lipinski definition) is 0. The number of hydrogen-bond acceptors (Lipinski definition) is 8. The third-order valence-electron chi connectivity index (χ3n) is 4.09. The zero-order chi connectivity index (χ0) is 21.0. The third kappa shape index (κ3) is 4.77. The lowest BCUT2D eigenvalue weighted by Crippen LogP contribution is -2.30. The summed E-state index contributed by atoms with van der Waals surface area (Å²) in [4.78, 5) is 11.9. The average molecular weight is 450 g/mol. The number of aryl methyl sites for hydroxylation is 1. The Hall–Kier alpha value is -2.43. The van der Waals surface area contributed by atoms with E-state index >= 15 is 0 Å². The van der Waals surface area contributed by atoms with Crippen LogP contribution in [-0.2, 0) is 21.3 Å². The summed E-state index contributed by atoms with van der Waals surface area (Å²) in [6, 6.07) is 12.9. The van der Waals surface area contributed by atoms with Crippen molar-refractivity contribution in [2.45, 2.75) is 22.7 Å². The van der Waals surface area contributed by atoms with E-state index in [1.54, 1.807) is 36.4 Å². The van der Waals surface area contributed by atoms with Gasteiger partial charge in [-0.15, -0.1) is 10.2 Å². The molecular weight excluding hydrogens is 430 g/mol. The number of aromatic nitrogens is 2. The van der Waals surface area contributed by atoms with E-state index in [1.807, 2.05) is 13.2 Å². The fourth-order valence-electron chi connectivity index (χ4n) is 2.54. The van der Waals surface area contributed by atoms with Crippen molar-refractivity contribution in [3.8, 4) is 0 Å². The van der Waals surface area contributed by atoms with Crippen LogP contribution in [0.25, 0.3) is 0 Å². The van der Waals surface area contributed by atoms with E-state index < -0.39 is 16.0 Å².